The average Bonchev–Trinajstić information content (AvgIpc) is 3.42. The molecule has 3 heterocycles. The second-order valence-electron chi connectivity index (χ2n) is 8.73. The van der Waals surface area contributed by atoms with Gasteiger partial charge in [0.25, 0.3) is 0 Å². The monoisotopic (exact) mass is 592 g/mol. The number of halogens is 1. The molecule has 40 heavy (non-hydrogen) atoms. The van der Waals surface area contributed by atoms with Crippen molar-refractivity contribution in [2.24, 2.45) is 0 Å². The molecule has 1 saturated heterocycles. The van der Waals surface area contributed by atoms with E-state index in [1.165, 1.54) is 10.9 Å². The number of carbonyl (C=O) groups is 1. The third-order valence-corrected chi connectivity index (χ3v) is 7.89. The molecule has 5 atom stereocenters. The van der Waals surface area contributed by atoms with Crippen LogP contribution in [-0.4, -0.2) is 73.8 Å². The van der Waals surface area contributed by atoms with E-state index in [1.54, 1.807) is 31.2 Å². The van der Waals surface area contributed by atoms with Gasteiger partial charge in [-0.3, -0.25) is 13.9 Å². The summed E-state index contributed by atoms with van der Waals surface area (Å²) < 4.78 is 37.3. The van der Waals surface area contributed by atoms with Crippen molar-refractivity contribution in [1.29, 1.82) is 0 Å². The summed E-state index contributed by atoms with van der Waals surface area (Å²) in [6, 6.07) is 12.4. The highest BCUT2D eigenvalue weighted by atomic mass is 35.5. The van der Waals surface area contributed by atoms with E-state index in [4.69, 9.17) is 35.9 Å². The van der Waals surface area contributed by atoms with Gasteiger partial charge in [-0.2, -0.15) is 0 Å². The average molecular weight is 593 g/mol. The third kappa shape index (κ3) is 5.60. The van der Waals surface area contributed by atoms with Crippen LogP contribution < -0.4 is 15.3 Å². The van der Waals surface area contributed by atoms with Gasteiger partial charge in [-0.25, -0.2) is 24.6 Å². The first-order chi connectivity index (χ1) is 19.2. The Bertz CT molecular complexity index is 1580. The first kappa shape index (κ1) is 28.2. The Morgan fingerprint density at radius 1 is 1.20 bits per heavy atom. The molecule has 0 radical (unpaired) electrons. The van der Waals surface area contributed by atoms with Crippen molar-refractivity contribution in [3.05, 3.63) is 54.1 Å². The maximum atomic E-state index is 13.8. The van der Waals surface area contributed by atoms with Crippen LogP contribution in [0.25, 0.3) is 21.9 Å². The van der Waals surface area contributed by atoms with Crippen LogP contribution in [-0.2, 0) is 23.4 Å². The zero-order chi connectivity index (χ0) is 28.4. The summed E-state index contributed by atoms with van der Waals surface area (Å²) in [4.78, 5) is 24.1. The highest BCUT2D eigenvalue weighted by Crippen LogP contribution is 2.47. The lowest BCUT2D eigenvalue weighted by Gasteiger charge is -2.23. The maximum Gasteiger partial charge on any atom is 0.459 e. The Labute approximate surface area is 232 Å². The van der Waals surface area contributed by atoms with Crippen molar-refractivity contribution in [3.8, 4) is 5.75 Å². The van der Waals surface area contributed by atoms with Crippen LogP contribution in [0.5, 0.6) is 5.75 Å². The van der Waals surface area contributed by atoms with E-state index in [0.717, 1.165) is 5.39 Å². The molecular formula is C24H26ClN6O8P. The molecular weight excluding hydrogens is 567 g/mol. The number of esters is 1. The number of aliphatic hydroxyl groups excluding tert-OH is 2. The number of aromatic nitrogens is 4. The number of nitrogens with one attached hydrogen (secondary N) is 1. The number of nitrogen functional groups attached to an aromatic ring is 1. The number of nitrogens with zero attached hydrogens (tertiary/aromatic N) is 4. The molecule has 0 spiro atoms. The number of aliphatic hydroxyl groups is 2. The van der Waals surface area contributed by atoms with E-state index in [1.807, 2.05) is 18.2 Å². The molecule has 0 aliphatic carbocycles. The number of fused-ring (bicyclic) bond motifs is 2. The molecule has 2 aromatic carbocycles. The standard InChI is InChI=1S/C24H26ClN6O8P/c1-2-36-17(32)10-29-40(35,39-15-9-5-7-13-6-3-4-8-14(13)15)37-11-16-19(33)20(34)23(38-16)31-22-18(30-24(31)25)21(26)27-12-28-22/h3-9,12,16,19-20,23,33-34H,2,10-11H2,1H3,(H,29,35)(H2,26,27,28)/t16-,19+,20+,23-,40?/m1/s1. The molecule has 1 unspecified atom stereocenters. The molecule has 0 saturated carbocycles. The second kappa shape index (κ2) is 11.6. The predicted molar refractivity (Wildman–Crippen MR) is 143 cm³/mol. The smallest absolute Gasteiger partial charge is 0.459 e. The molecule has 4 aromatic rings. The minimum Gasteiger partial charge on any atom is -0.465 e. The lowest BCUT2D eigenvalue weighted by Crippen LogP contribution is -2.34. The molecule has 1 aliphatic rings. The lowest BCUT2D eigenvalue weighted by molar-refractivity contribution is -0.141. The summed E-state index contributed by atoms with van der Waals surface area (Å²) in [5.41, 5.74) is 6.21. The van der Waals surface area contributed by atoms with Gasteiger partial charge in [-0.1, -0.05) is 36.4 Å². The second-order valence-corrected chi connectivity index (χ2v) is 10.8. The van der Waals surface area contributed by atoms with Crippen LogP contribution in [0.2, 0.25) is 5.28 Å². The number of imidazole rings is 1. The summed E-state index contributed by atoms with van der Waals surface area (Å²) in [6.45, 7) is 0.775. The Hall–Kier alpha value is -3.36. The van der Waals surface area contributed by atoms with Gasteiger partial charge in [0.1, 0.15) is 36.9 Å². The molecule has 5 N–H and O–H groups in total. The molecule has 0 amide bonds. The Morgan fingerprint density at radius 3 is 2.77 bits per heavy atom. The number of carbonyl (C=O) groups excluding carboxylic acids is 1. The van der Waals surface area contributed by atoms with Gasteiger partial charge in [0, 0.05) is 5.39 Å². The highest BCUT2D eigenvalue weighted by Gasteiger charge is 2.46. The van der Waals surface area contributed by atoms with Gasteiger partial charge < -0.3 is 29.9 Å². The van der Waals surface area contributed by atoms with Crippen molar-refractivity contribution in [3.63, 3.8) is 0 Å². The van der Waals surface area contributed by atoms with Gasteiger partial charge in [-0.15, -0.1) is 0 Å². The van der Waals surface area contributed by atoms with Crippen LogP contribution in [0.4, 0.5) is 5.82 Å². The van der Waals surface area contributed by atoms with Crippen molar-refractivity contribution in [2.45, 2.75) is 31.5 Å². The van der Waals surface area contributed by atoms with E-state index in [9.17, 15) is 19.6 Å². The third-order valence-electron chi connectivity index (χ3n) is 6.15. The van der Waals surface area contributed by atoms with Crippen LogP contribution in [0.1, 0.15) is 13.2 Å². The summed E-state index contributed by atoms with van der Waals surface area (Å²) in [5.74, 6) is -0.376. The van der Waals surface area contributed by atoms with Crippen LogP contribution in [0, 0.1) is 0 Å². The minimum absolute atomic E-state index is 0.0674. The number of hydrogen-bond acceptors (Lipinski definition) is 12. The molecule has 2 aromatic heterocycles. The van der Waals surface area contributed by atoms with Gasteiger partial charge in [0.05, 0.1) is 13.2 Å². The van der Waals surface area contributed by atoms with E-state index in [2.05, 4.69) is 20.0 Å². The number of nitrogens with two attached hydrogens (primary N) is 1. The number of benzene rings is 2. The molecule has 1 fully saturated rings. The molecule has 5 rings (SSSR count). The molecule has 1 aliphatic heterocycles. The fraction of sp³-hybridized carbons (Fsp3) is 0.333. The van der Waals surface area contributed by atoms with E-state index in [0.29, 0.717) is 5.39 Å². The van der Waals surface area contributed by atoms with Crippen LogP contribution in [0.3, 0.4) is 0 Å². The zero-order valence-corrected chi connectivity index (χ0v) is 22.7. The fourth-order valence-corrected chi connectivity index (χ4v) is 5.81. The van der Waals surface area contributed by atoms with Gasteiger partial charge in [0.15, 0.2) is 23.2 Å². The Kier molecular flexibility index (Phi) is 8.19. The van der Waals surface area contributed by atoms with Gasteiger partial charge in [0.2, 0.25) is 5.28 Å². The van der Waals surface area contributed by atoms with Crippen molar-refractivity contribution >= 4 is 53.1 Å². The number of ether oxygens (including phenoxy) is 2. The number of hydrogen-bond donors (Lipinski definition) is 4. The largest absolute Gasteiger partial charge is 0.465 e. The van der Waals surface area contributed by atoms with E-state index < -0.39 is 51.4 Å². The first-order valence-corrected chi connectivity index (χ1v) is 14.1. The topological polar surface area (TPSA) is 193 Å². The van der Waals surface area contributed by atoms with E-state index >= 15 is 0 Å². The highest BCUT2D eigenvalue weighted by molar-refractivity contribution is 7.52. The number of rotatable bonds is 10. The normalized spacial score (nSPS) is 22.4. The zero-order valence-electron chi connectivity index (χ0n) is 21.1. The quantitative estimate of drug-likeness (QED) is 0.119. The molecule has 212 valence electrons. The van der Waals surface area contributed by atoms with Crippen LogP contribution >= 0.6 is 19.3 Å². The first-order valence-electron chi connectivity index (χ1n) is 12.2. The van der Waals surface area contributed by atoms with Crippen molar-refractivity contribution in [1.82, 2.24) is 24.6 Å². The summed E-state index contributed by atoms with van der Waals surface area (Å²) in [6.07, 6.45) is -4.22. The fourth-order valence-electron chi connectivity index (χ4n) is 4.26. The Balaban J connectivity index is 1.37. The van der Waals surface area contributed by atoms with Crippen LogP contribution in [0.15, 0.2) is 48.8 Å². The molecule has 0 bridgehead atoms. The molecule has 14 nitrogen and oxygen atoms in total. The lowest BCUT2D eigenvalue weighted by atomic mass is 10.1. The van der Waals surface area contributed by atoms with Crippen molar-refractivity contribution < 1.29 is 38.1 Å². The van der Waals surface area contributed by atoms with Crippen molar-refractivity contribution in [2.75, 3.05) is 25.5 Å². The van der Waals surface area contributed by atoms with Gasteiger partial charge >= 0.3 is 13.7 Å². The summed E-state index contributed by atoms with van der Waals surface area (Å²) >= 11 is 6.27. The predicted octanol–water partition coefficient (Wildman–Crippen LogP) is 2.19. The minimum atomic E-state index is -4.26. The Morgan fingerprint density at radius 2 is 1.98 bits per heavy atom. The summed E-state index contributed by atoms with van der Waals surface area (Å²) in [5, 5.41) is 25.4. The summed E-state index contributed by atoms with van der Waals surface area (Å²) in [7, 11) is -4.26. The van der Waals surface area contributed by atoms with E-state index in [-0.39, 0.29) is 34.6 Å². The SMILES string of the molecule is CCOC(=O)CNP(=O)(OC[C@H]1O[C@@H](n2c(Cl)nc3c(N)ncnc32)[C@@H](O)[C@H]1O)Oc1cccc2ccccc12. The van der Waals surface area contributed by atoms with Gasteiger partial charge in [-0.05, 0) is 30.0 Å². The maximum absolute atomic E-state index is 13.8. The number of anilines is 1. The molecule has 16 heteroatoms.